The summed E-state index contributed by atoms with van der Waals surface area (Å²) in [5, 5.41) is 1.52. The molecular weight excluding hydrogens is 334 g/mol. The van der Waals surface area contributed by atoms with Gasteiger partial charge in [-0.25, -0.2) is 4.98 Å². The van der Waals surface area contributed by atoms with Crippen LogP contribution in [0.15, 0.2) is 67.3 Å². The molecule has 5 heteroatoms. The van der Waals surface area contributed by atoms with Crippen LogP contribution in [-0.4, -0.2) is 20.7 Å². The predicted octanol–water partition coefficient (Wildman–Crippen LogP) is 4.43. The van der Waals surface area contributed by atoms with Gasteiger partial charge in [0, 0.05) is 46.3 Å². The van der Waals surface area contributed by atoms with E-state index < -0.39 is 0 Å². The van der Waals surface area contributed by atoms with Crippen molar-refractivity contribution >= 4 is 28.4 Å². The molecule has 3 aromatic heterocycles. The number of nitrogens with zero attached hydrogens (tertiary/aromatic N) is 2. The Bertz CT molecular complexity index is 1060. The molecule has 0 saturated carbocycles. The second-order valence-corrected chi connectivity index (χ2v) is 6.26. The van der Waals surface area contributed by atoms with Crippen molar-refractivity contribution in [3.8, 4) is 0 Å². The fourth-order valence-electron chi connectivity index (χ4n) is 2.87. The number of hydrogen-bond acceptors (Lipinski definition) is 3. The summed E-state index contributed by atoms with van der Waals surface area (Å²) in [5.74, 6) is -0.0685. The zero-order chi connectivity index (χ0) is 17.2. The number of fused-ring (bicyclic) bond motifs is 1. The third kappa shape index (κ3) is 3.16. The van der Waals surface area contributed by atoms with Crippen molar-refractivity contribution < 1.29 is 4.79 Å². The number of aromatic amines is 1. The number of ketones is 1. The van der Waals surface area contributed by atoms with Gasteiger partial charge in [-0.3, -0.25) is 9.78 Å². The lowest BCUT2D eigenvalue weighted by molar-refractivity contribution is 0.104. The van der Waals surface area contributed by atoms with Gasteiger partial charge in [0.15, 0.2) is 5.78 Å². The van der Waals surface area contributed by atoms with E-state index in [-0.39, 0.29) is 5.78 Å². The fraction of sp³-hybridized carbons (Fsp3) is 0.0500. The molecular formula is C20H14ClN3O. The summed E-state index contributed by atoms with van der Waals surface area (Å²) < 4.78 is 0. The van der Waals surface area contributed by atoms with Gasteiger partial charge in [0.25, 0.3) is 0 Å². The molecule has 0 radical (unpaired) electrons. The van der Waals surface area contributed by atoms with Gasteiger partial charge in [-0.15, -0.1) is 0 Å². The summed E-state index contributed by atoms with van der Waals surface area (Å²) in [6.45, 7) is 0. The predicted molar refractivity (Wildman–Crippen MR) is 98.0 cm³/mol. The van der Waals surface area contributed by atoms with Crippen molar-refractivity contribution in [3.05, 3.63) is 94.5 Å². The number of aromatic nitrogens is 3. The quantitative estimate of drug-likeness (QED) is 0.555. The maximum atomic E-state index is 12.7. The van der Waals surface area contributed by atoms with E-state index in [1.54, 1.807) is 30.7 Å². The zero-order valence-electron chi connectivity index (χ0n) is 13.2. The molecule has 3 heterocycles. The van der Waals surface area contributed by atoms with Gasteiger partial charge in [-0.1, -0.05) is 23.7 Å². The normalized spacial score (nSPS) is 10.9. The average Bonchev–Trinajstić information content (AvgIpc) is 3.05. The molecule has 0 atom stereocenters. The molecule has 0 unspecified atom stereocenters. The first-order valence-electron chi connectivity index (χ1n) is 7.86. The van der Waals surface area contributed by atoms with Crippen LogP contribution in [0.1, 0.15) is 27.0 Å². The maximum absolute atomic E-state index is 12.7. The Kier molecular flexibility index (Phi) is 4.04. The summed E-state index contributed by atoms with van der Waals surface area (Å²) in [6, 6.07) is 13.3. The van der Waals surface area contributed by atoms with Crippen molar-refractivity contribution in [2.75, 3.05) is 0 Å². The van der Waals surface area contributed by atoms with E-state index in [2.05, 4.69) is 15.0 Å². The molecule has 0 aliphatic rings. The number of nitrogens with one attached hydrogen (secondary N) is 1. The Morgan fingerprint density at radius 1 is 1.08 bits per heavy atom. The van der Waals surface area contributed by atoms with Crippen LogP contribution in [-0.2, 0) is 6.42 Å². The van der Waals surface area contributed by atoms with E-state index in [0.717, 1.165) is 16.5 Å². The molecule has 4 aromatic rings. The van der Waals surface area contributed by atoms with Crippen LogP contribution < -0.4 is 0 Å². The molecule has 4 nitrogen and oxygen atoms in total. The number of H-pyrrole nitrogens is 1. The number of pyridine rings is 2. The minimum Gasteiger partial charge on any atom is -0.345 e. The first kappa shape index (κ1) is 15.5. The molecule has 1 aromatic carbocycles. The van der Waals surface area contributed by atoms with Crippen molar-refractivity contribution in [2.45, 2.75) is 6.42 Å². The molecule has 0 bridgehead atoms. The van der Waals surface area contributed by atoms with Gasteiger partial charge in [0.2, 0.25) is 0 Å². The lowest BCUT2D eigenvalue weighted by Crippen LogP contribution is -2.01. The number of carbonyl (C=O) groups is 1. The number of halogens is 1. The van der Waals surface area contributed by atoms with Gasteiger partial charge in [0.1, 0.15) is 5.65 Å². The molecule has 4 rings (SSSR count). The van der Waals surface area contributed by atoms with Crippen molar-refractivity contribution in [3.63, 3.8) is 0 Å². The lowest BCUT2D eigenvalue weighted by atomic mass is 10.0. The molecule has 25 heavy (non-hydrogen) atoms. The highest BCUT2D eigenvalue weighted by Crippen LogP contribution is 2.22. The van der Waals surface area contributed by atoms with E-state index in [1.165, 1.54) is 0 Å². The molecule has 0 aliphatic heterocycles. The zero-order valence-corrected chi connectivity index (χ0v) is 14.0. The van der Waals surface area contributed by atoms with Crippen molar-refractivity contribution in [1.29, 1.82) is 0 Å². The van der Waals surface area contributed by atoms with E-state index in [0.29, 0.717) is 28.2 Å². The first-order chi connectivity index (χ1) is 12.2. The van der Waals surface area contributed by atoms with Gasteiger partial charge in [-0.05, 0) is 47.9 Å². The summed E-state index contributed by atoms with van der Waals surface area (Å²) in [7, 11) is 0. The first-order valence-corrected chi connectivity index (χ1v) is 8.24. The van der Waals surface area contributed by atoms with Crippen LogP contribution in [0.2, 0.25) is 5.02 Å². The third-order valence-electron chi connectivity index (χ3n) is 4.05. The number of benzene rings is 1. The molecule has 0 fully saturated rings. The highest BCUT2D eigenvalue weighted by atomic mass is 35.5. The van der Waals surface area contributed by atoms with Crippen molar-refractivity contribution in [1.82, 2.24) is 15.0 Å². The Balaban J connectivity index is 1.71. The summed E-state index contributed by atoms with van der Waals surface area (Å²) >= 11 is 6.05. The Hall–Kier alpha value is -2.98. The van der Waals surface area contributed by atoms with Crippen molar-refractivity contribution in [2.24, 2.45) is 0 Å². The SMILES string of the molecule is O=C(c1cccnc1)c1c[nH]c2ncc(Cc3cccc(Cl)c3)cc12. The maximum Gasteiger partial charge on any atom is 0.196 e. The minimum atomic E-state index is -0.0685. The number of rotatable bonds is 4. The third-order valence-corrected chi connectivity index (χ3v) is 4.29. The highest BCUT2D eigenvalue weighted by Gasteiger charge is 2.15. The molecule has 0 spiro atoms. The molecule has 0 saturated heterocycles. The number of carbonyl (C=O) groups excluding carboxylic acids is 1. The topological polar surface area (TPSA) is 58.6 Å². The van der Waals surface area contributed by atoms with Gasteiger partial charge in [-0.2, -0.15) is 0 Å². The summed E-state index contributed by atoms with van der Waals surface area (Å²) in [5.41, 5.74) is 3.98. The Morgan fingerprint density at radius 3 is 2.80 bits per heavy atom. The van der Waals surface area contributed by atoms with E-state index in [1.807, 2.05) is 36.5 Å². The van der Waals surface area contributed by atoms with Crippen LogP contribution in [0.25, 0.3) is 11.0 Å². The van der Waals surface area contributed by atoms with Gasteiger partial charge >= 0.3 is 0 Å². The molecule has 1 N–H and O–H groups in total. The van der Waals surface area contributed by atoms with Crippen LogP contribution in [0.3, 0.4) is 0 Å². The van der Waals surface area contributed by atoms with Crippen LogP contribution in [0.4, 0.5) is 0 Å². The fourth-order valence-corrected chi connectivity index (χ4v) is 3.08. The summed E-state index contributed by atoms with van der Waals surface area (Å²) in [4.78, 5) is 24.3. The van der Waals surface area contributed by atoms with Crippen LogP contribution >= 0.6 is 11.6 Å². The van der Waals surface area contributed by atoms with E-state index in [4.69, 9.17) is 11.6 Å². The second-order valence-electron chi connectivity index (χ2n) is 5.82. The van der Waals surface area contributed by atoms with Crippen LogP contribution in [0.5, 0.6) is 0 Å². The van der Waals surface area contributed by atoms with E-state index >= 15 is 0 Å². The lowest BCUT2D eigenvalue weighted by Gasteiger charge is -2.04. The molecule has 122 valence electrons. The largest absolute Gasteiger partial charge is 0.345 e. The standard InChI is InChI=1S/C20H14ClN3O/c21-16-5-1-3-13(8-16)7-14-9-17-18(12-24-20(17)23-10-14)19(25)15-4-2-6-22-11-15/h1-6,8-12H,7H2,(H,23,24). The van der Waals surface area contributed by atoms with E-state index in [9.17, 15) is 4.79 Å². The molecule has 0 amide bonds. The van der Waals surface area contributed by atoms with Gasteiger partial charge < -0.3 is 4.98 Å². The monoisotopic (exact) mass is 347 g/mol. The minimum absolute atomic E-state index is 0.0685. The second kappa shape index (κ2) is 6.49. The van der Waals surface area contributed by atoms with Gasteiger partial charge in [0.05, 0.1) is 0 Å². The highest BCUT2D eigenvalue weighted by molar-refractivity contribution is 6.30. The molecule has 0 aliphatic carbocycles. The Labute approximate surface area is 149 Å². The van der Waals surface area contributed by atoms with Crippen LogP contribution in [0, 0.1) is 0 Å². The average molecular weight is 348 g/mol. The summed E-state index contributed by atoms with van der Waals surface area (Å²) in [6.07, 6.45) is 7.45. The smallest absolute Gasteiger partial charge is 0.196 e. The Morgan fingerprint density at radius 2 is 2.00 bits per heavy atom. The number of hydrogen-bond donors (Lipinski definition) is 1.